The van der Waals surface area contributed by atoms with Crippen molar-refractivity contribution >= 4 is 11.5 Å². The number of nitrogens with one attached hydrogen (secondary N) is 2. The highest BCUT2D eigenvalue weighted by Gasteiger charge is 2.51. The Bertz CT molecular complexity index is 858. The van der Waals surface area contributed by atoms with Crippen molar-refractivity contribution in [3.05, 3.63) is 77.6 Å². The molecular weight excluding hydrogens is 355 g/mol. The molecule has 28 heavy (non-hydrogen) atoms. The Hall–Kier alpha value is -2.50. The minimum Gasteiger partial charge on any atom is -0.466 e. The van der Waals surface area contributed by atoms with Gasteiger partial charge in [0, 0.05) is 19.0 Å². The van der Waals surface area contributed by atoms with Gasteiger partial charge in [-0.3, -0.25) is 15.4 Å². The highest BCUT2D eigenvalue weighted by Crippen LogP contribution is 2.46. The zero-order valence-electron chi connectivity index (χ0n) is 16.0. The maximum Gasteiger partial charge on any atom is 0.313 e. The van der Waals surface area contributed by atoms with Gasteiger partial charge >= 0.3 is 5.97 Å². The Kier molecular flexibility index (Phi) is 5.29. The quantitative estimate of drug-likeness (QED) is 0.798. The number of hydrogen-bond acceptors (Lipinski definition) is 4. The van der Waals surface area contributed by atoms with Crippen LogP contribution < -0.4 is 10.6 Å². The van der Waals surface area contributed by atoms with Gasteiger partial charge in [-0.05, 0) is 48.3 Å². The average molecular weight is 380 g/mol. The third kappa shape index (κ3) is 3.48. The molecule has 4 nitrogen and oxygen atoms in total. The maximum absolute atomic E-state index is 13.5. The van der Waals surface area contributed by atoms with Crippen LogP contribution >= 0.6 is 0 Å². The fourth-order valence-electron chi connectivity index (χ4n) is 4.47. The van der Waals surface area contributed by atoms with Gasteiger partial charge in [0.25, 0.3) is 0 Å². The van der Waals surface area contributed by atoms with Crippen molar-refractivity contribution < 1.29 is 13.9 Å². The number of benzene rings is 2. The Morgan fingerprint density at radius 1 is 1.11 bits per heavy atom. The van der Waals surface area contributed by atoms with Crippen LogP contribution in [0.2, 0.25) is 0 Å². The number of halogens is 1. The first-order valence-corrected chi connectivity index (χ1v) is 9.82. The first-order valence-electron chi connectivity index (χ1n) is 9.82. The molecule has 1 heterocycles. The Labute approximate surface area is 164 Å². The molecule has 0 amide bonds. The summed E-state index contributed by atoms with van der Waals surface area (Å²) < 4.78 is 19.0. The smallest absolute Gasteiger partial charge is 0.313 e. The molecule has 2 aromatic rings. The van der Waals surface area contributed by atoms with E-state index in [4.69, 9.17) is 4.74 Å². The van der Waals surface area contributed by atoms with E-state index in [1.165, 1.54) is 12.1 Å². The van der Waals surface area contributed by atoms with E-state index in [-0.39, 0.29) is 17.7 Å². The maximum atomic E-state index is 13.5. The summed E-state index contributed by atoms with van der Waals surface area (Å²) in [5, 5.41) is 7.02. The highest BCUT2D eigenvalue weighted by atomic mass is 19.1. The molecule has 1 spiro atoms. The van der Waals surface area contributed by atoms with Crippen LogP contribution in [-0.4, -0.2) is 31.3 Å². The number of ether oxygens (including phenoxy) is 1. The van der Waals surface area contributed by atoms with Gasteiger partial charge in [-0.2, -0.15) is 0 Å². The lowest BCUT2D eigenvalue weighted by Crippen LogP contribution is -2.60. The lowest BCUT2D eigenvalue weighted by molar-refractivity contribution is -0.151. The Morgan fingerprint density at radius 3 is 2.43 bits per heavy atom. The van der Waals surface area contributed by atoms with Gasteiger partial charge in [-0.25, -0.2) is 4.39 Å². The van der Waals surface area contributed by atoms with Gasteiger partial charge in [-0.1, -0.05) is 42.5 Å². The summed E-state index contributed by atoms with van der Waals surface area (Å²) in [7, 11) is 0. The van der Waals surface area contributed by atoms with Crippen LogP contribution in [0.4, 0.5) is 4.39 Å². The van der Waals surface area contributed by atoms with Crippen LogP contribution in [0.1, 0.15) is 30.4 Å². The van der Waals surface area contributed by atoms with E-state index >= 15 is 0 Å². The lowest BCUT2D eigenvalue weighted by Gasteiger charge is -2.43. The standard InChI is InChI=1S/C23H25FN2O2/c1-2-28-22(27)21-20(17-8-10-19(24)11-9-17)14-18(16-6-4-3-5-7-16)15-23(21)25-12-13-26-23/h3-11,15,20-21,25-26H,2,12-14H2,1H3. The van der Waals surface area contributed by atoms with E-state index in [9.17, 15) is 9.18 Å². The molecule has 1 aliphatic heterocycles. The van der Waals surface area contributed by atoms with Crippen molar-refractivity contribution in [3.63, 3.8) is 0 Å². The molecule has 2 N–H and O–H groups in total. The zero-order chi connectivity index (χ0) is 19.6. The molecule has 0 saturated carbocycles. The van der Waals surface area contributed by atoms with E-state index in [0.717, 1.165) is 29.8 Å². The number of carbonyl (C=O) groups is 1. The molecule has 0 radical (unpaired) electrons. The van der Waals surface area contributed by atoms with Crippen LogP contribution in [0.5, 0.6) is 0 Å². The van der Waals surface area contributed by atoms with Crippen molar-refractivity contribution in [2.75, 3.05) is 19.7 Å². The summed E-state index contributed by atoms with van der Waals surface area (Å²) >= 11 is 0. The molecule has 146 valence electrons. The summed E-state index contributed by atoms with van der Waals surface area (Å²) in [5.41, 5.74) is 2.56. The summed E-state index contributed by atoms with van der Waals surface area (Å²) in [6, 6.07) is 16.7. The second-order valence-electron chi connectivity index (χ2n) is 7.35. The molecule has 2 aromatic carbocycles. The van der Waals surface area contributed by atoms with E-state index in [1.807, 2.05) is 25.1 Å². The molecule has 2 unspecified atom stereocenters. The third-order valence-corrected chi connectivity index (χ3v) is 5.68. The van der Waals surface area contributed by atoms with Gasteiger partial charge in [-0.15, -0.1) is 0 Å². The largest absolute Gasteiger partial charge is 0.466 e. The predicted octanol–water partition coefficient (Wildman–Crippen LogP) is 3.47. The SMILES string of the molecule is CCOC(=O)C1C(c2ccc(F)cc2)CC(c2ccccc2)=CC12NCCN2. The molecule has 2 aliphatic rings. The van der Waals surface area contributed by atoms with Crippen molar-refractivity contribution in [1.29, 1.82) is 0 Å². The second kappa shape index (κ2) is 7.86. The molecule has 1 aliphatic carbocycles. The van der Waals surface area contributed by atoms with E-state index < -0.39 is 11.6 Å². The van der Waals surface area contributed by atoms with E-state index in [1.54, 1.807) is 12.1 Å². The number of carbonyl (C=O) groups excluding carboxylic acids is 1. The fourth-order valence-corrected chi connectivity index (χ4v) is 4.47. The van der Waals surface area contributed by atoms with Crippen molar-refractivity contribution in [3.8, 4) is 0 Å². The van der Waals surface area contributed by atoms with Gasteiger partial charge in [0.15, 0.2) is 0 Å². The number of esters is 1. The van der Waals surface area contributed by atoms with Gasteiger partial charge < -0.3 is 4.74 Å². The minimum absolute atomic E-state index is 0.127. The average Bonchev–Trinajstić information content (AvgIpc) is 3.17. The van der Waals surface area contributed by atoms with Crippen molar-refractivity contribution in [2.24, 2.45) is 5.92 Å². The third-order valence-electron chi connectivity index (χ3n) is 5.68. The van der Waals surface area contributed by atoms with Crippen LogP contribution in [-0.2, 0) is 9.53 Å². The lowest BCUT2D eigenvalue weighted by atomic mass is 9.69. The van der Waals surface area contributed by atoms with Gasteiger partial charge in [0.1, 0.15) is 11.5 Å². The molecule has 5 heteroatoms. The molecule has 0 bridgehead atoms. The van der Waals surface area contributed by atoms with Crippen LogP contribution in [0.3, 0.4) is 0 Å². The van der Waals surface area contributed by atoms with Gasteiger partial charge in [0.2, 0.25) is 0 Å². The summed E-state index contributed by atoms with van der Waals surface area (Å²) in [6.45, 7) is 3.69. The molecule has 0 aromatic heterocycles. The molecular formula is C23H25FN2O2. The van der Waals surface area contributed by atoms with Crippen molar-refractivity contribution in [2.45, 2.75) is 24.9 Å². The molecule has 1 fully saturated rings. The van der Waals surface area contributed by atoms with Crippen molar-refractivity contribution in [1.82, 2.24) is 10.6 Å². The Morgan fingerprint density at radius 2 is 1.79 bits per heavy atom. The van der Waals surface area contributed by atoms with E-state index in [2.05, 4.69) is 28.8 Å². The highest BCUT2D eigenvalue weighted by molar-refractivity contribution is 5.80. The minimum atomic E-state index is -0.672. The molecule has 1 saturated heterocycles. The van der Waals surface area contributed by atoms with Crippen LogP contribution in [0.15, 0.2) is 60.7 Å². The summed E-state index contributed by atoms with van der Waals surface area (Å²) in [4.78, 5) is 13.0. The molecule has 4 rings (SSSR count). The normalized spacial score (nSPS) is 23.4. The summed E-state index contributed by atoms with van der Waals surface area (Å²) in [5.74, 6) is -1.08. The van der Waals surface area contributed by atoms with Crippen LogP contribution in [0, 0.1) is 11.7 Å². The monoisotopic (exact) mass is 380 g/mol. The Balaban J connectivity index is 1.83. The second-order valence-corrected chi connectivity index (χ2v) is 7.35. The van der Waals surface area contributed by atoms with Crippen LogP contribution in [0.25, 0.3) is 5.57 Å². The first-order chi connectivity index (χ1) is 13.6. The zero-order valence-corrected chi connectivity index (χ0v) is 16.0. The first kappa shape index (κ1) is 18.8. The predicted molar refractivity (Wildman–Crippen MR) is 107 cm³/mol. The number of allylic oxidation sites excluding steroid dienone is 1. The molecule has 2 atom stereocenters. The number of hydrogen-bond donors (Lipinski definition) is 2. The topological polar surface area (TPSA) is 50.4 Å². The van der Waals surface area contributed by atoms with Gasteiger partial charge in [0.05, 0.1) is 12.5 Å². The number of rotatable bonds is 4. The van der Waals surface area contributed by atoms with E-state index in [0.29, 0.717) is 13.0 Å². The fraction of sp³-hybridized carbons (Fsp3) is 0.348. The summed E-state index contributed by atoms with van der Waals surface area (Å²) in [6.07, 6.45) is 2.83.